The van der Waals surface area contributed by atoms with Crippen molar-refractivity contribution in [3.8, 4) is 5.75 Å². The molecule has 1 aliphatic carbocycles. The molecule has 1 aromatic carbocycles. The first-order valence-corrected chi connectivity index (χ1v) is 5.89. The highest BCUT2D eigenvalue weighted by Crippen LogP contribution is 2.28. The highest BCUT2D eigenvalue weighted by molar-refractivity contribution is 5.78. The molecule has 0 radical (unpaired) electrons. The molecule has 1 atom stereocenters. The third kappa shape index (κ3) is 2.45. The number of rotatable bonds is 3. The van der Waals surface area contributed by atoms with Gasteiger partial charge in [-0.25, -0.2) is 0 Å². The summed E-state index contributed by atoms with van der Waals surface area (Å²) in [5.74, 6) is -0.434. The number of hydrogen-bond donors (Lipinski definition) is 1. The van der Waals surface area contributed by atoms with Crippen molar-refractivity contribution < 1.29 is 14.6 Å². The van der Waals surface area contributed by atoms with Crippen LogP contribution in [0.1, 0.15) is 24.5 Å². The van der Waals surface area contributed by atoms with Crippen LogP contribution in [0.4, 0.5) is 0 Å². The van der Waals surface area contributed by atoms with Crippen LogP contribution < -0.4 is 4.74 Å². The van der Waals surface area contributed by atoms with Gasteiger partial charge < -0.3 is 9.84 Å². The Hall–Kier alpha value is -2.03. The number of aliphatic carboxylic acids is 1. The summed E-state index contributed by atoms with van der Waals surface area (Å²) in [4.78, 5) is 11.0. The zero-order valence-corrected chi connectivity index (χ0v) is 10.5. The Kier molecular flexibility index (Phi) is 3.51. The number of fused-ring (bicyclic) bond motifs is 1. The van der Waals surface area contributed by atoms with Crippen LogP contribution in [0.3, 0.4) is 0 Å². The van der Waals surface area contributed by atoms with Crippen LogP contribution in [0.25, 0.3) is 12.2 Å². The number of methoxy groups -OCH3 is 1. The molecule has 0 spiro atoms. The predicted octanol–water partition coefficient (Wildman–Crippen LogP) is 3.22. The maximum absolute atomic E-state index is 11.0. The fourth-order valence-electron chi connectivity index (χ4n) is 2.00. The molecule has 0 heterocycles. The number of carboxylic acids is 1. The number of hydrogen-bond acceptors (Lipinski definition) is 2. The molecule has 0 aliphatic heterocycles. The zero-order valence-electron chi connectivity index (χ0n) is 10.5. The van der Waals surface area contributed by atoms with Gasteiger partial charge in [0.2, 0.25) is 0 Å². The molecular weight excluding hydrogens is 228 g/mol. The van der Waals surface area contributed by atoms with Crippen molar-refractivity contribution >= 4 is 18.1 Å². The fraction of sp³-hybridized carbons (Fsp3) is 0.267. The Bertz CT molecular complexity index is 527. The lowest BCUT2D eigenvalue weighted by Crippen LogP contribution is -2.11. The minimum atomic E-state index is -0.786. The van der Waals surface area contributed by atoms with Crippen molar-refractivity contribution in [1.29, 1.82) is 0 Å². The Morgan fingerprint density at radius 1 is 1.39 bits per heavy atom. The summed E-state index contributed by atoms with van der Waals surface area (Å²) in [5.41, 5.74) is 3.01. The van der Waals surface area contributed by atoms with E-state index in [-0.39, 0.29) is 0 Å². The van der Waals surface area contributed by atoms with Crippen molar-refractivity contribution in [3.05, 3.63) is 41.0 Å². The molecule has 1 aliphatic rings. The van der Waals surface area contributed by atoms with Crippen molar-refractivity contribution in [1.82, 2.24) is 0 Å². The molecule has 94 valence electrons. The van der Waals surface area contributed by atoms with Gasteiger partial charge in [0, 0.05) is 0 Å². The lowest BCUT2D eigenvalue weighted by Gasteiger charge is -2.09. The lowest BCUT2D eigenvalue weighted by atomic mass is 9.96. The molecule has 2 rings (SSSR count). The van der Waals surface area contributed by atoms with E-state index < -0.39 is 11.9 Å². The lowest BCUT2D eigenvalue weighted by molar-refractivity contribution is -0.139. The average Bonchev–Trinajstić information content (AvgIpc) is 2.58. The maximum Gasteiger partial charge on any atom is 0.310 e. The zero-order chi connectivity index (χ0) is 13.1. The highest BCUT2D eigenvalue weighted by Gasteiger charge is 2.17. The van der Waals surface area contributed by atoms with E-state index in [9.17, 15) is 4.79 Å². The SMILES string of the molecule is COc1ccc2c(c1)C=CCC(C(C)C(=O)O)=C2. The van der Waals surface area contributed by atoms with E-state index in [1.807, 2.05) is 36.4 Å². The van der Waals surface area contributed by atoms with Crippen molar-refractivity contribution in [3.63, 3.8) is 0 Å². The van der Waals surface area contributed by atoms with Gasteiger partial charge in [0.1, 0.15) is 5.75 Å². The van der Waals surface area contributed by atoms with Crippen molar-refractivity contribution in [2.24, 2.45) is 5.92 Å². The smallest absolute Gasteiger partial charge is 0.310 e. The Morgan fingerprint density at radius 3 is 2.83 bits per heavy atom. The Balaban J connectivity index is 2.42. The average molecular weight is 244 g/mol. The van der Waals surface area contributed by atoms with Crippen LogP contribution in [0.2, 0.25) is 0 Å². The van der Waals surface area contributed by atoms with Gasteiger partial charge in [-0.2, -0.15) is 0 Å². The van der Waals surface area contributed by atoms with Crippen LogP contribution in [0.5, 0.6) is 5.75 Å². The molecule has 0 amide bonds. The largest absolute Gasteiger partial charge is 0.497 e. The quantitative estimate of drug-likeness (QED) is 0.888. The fourth-order valence-corrected chi connectivity index (χ4v) is 2.00. The van der Waals surface area contributed by atoms with E-state index in [0.717, 1.165) is 22.4 Å². The van der Waals surface area contributed by atoms with E-state index in [1.165, 1.54) is 0 Å². The van der Waals surface area contributed by atoms with Crippen molar-refractivity contribution in [2.45, 2.75) is 13.3 Å². The molecule has 0 saturated heterocycles. The summed E-state index contributed by atoms with van der Waals surface area (Å²) in [6.45, 7) is 1.72. The molecule has 1 N–H and O–H groups in total. The first kappa shape index (κ1) is 12.4. The van der Waals surface area contributed by atoms with Crippen LogP contribution in [-0.2, 0) is 4.79 Å². The van der Waals surface area contributed by atoms with Gasteiger partial charge >= 0.3 is 5.97 Å². The van der Waals surface area contributed by atoms with Crippen LogP contribution in [0.15, 0.2) is 29.8 Å². The molecule has 0 bridgehead atoms. The summed E-state index contributed by atoms with van der Waals surface area (Å²) in [6, 6.07) is 5.80. The molecule has 0 aromatic heterocycles. The third-order valence-electron chi connectivity index (χ3n) is 3.21. The van der Waals surface area contributed by atoms with Gasteiger partial charge in [-0.05, 0) is 36.6 Å². The maximum atomic E-state index is 11.0. The minimum Gasteiger partial charge on any atom is -0.497 e. The van der Waals surface area contributed by atoms with E-state index in [4.69, 9.17) is 9.84 Å². The van der Waals surface area contributed by atoms with E-state index in [1.54, 1.807) is 14.0 Å². The van der Waals surface area contributed by atoms with Crippen LogP contribution in [-0.4, -0.2) is 18.2 Å². The second kappa shape index (κ2) is 5.08. The Labute approximate surface area is 106 Å². The summed E-state index contributed by atoms with van der Waals surface area (Å²) in [6.07, 6.45) is 6.64. The number of carboxylic acid groups (broad SMARTS) is 1. The normalized spacial score (nSPS) is 15.3. The van der Waals surface area contributed by atoms with Crippen molar-refractivity contribution in [2.75, 3.05) is 7.11 Å². The molecule has 3 nitrogen and oxygen atoms in total. The van der Waals surface area contributed by atoms with Crippen LogP contribution >= 0.6 is 0 Å². The topological polar surface area (TPSA) is 46.5 Å². The van der Waals surface area contributed by atoms with Gasteiger partial charge in [-0.15, -0.1) is 0 Å². The van der Waals surface area contributed by atoms with Gasteiger partial charge in [0.25, 0.3) is 0 Å². The van der Waals surface area contributed by atoms with Crippen LogP contribution in [0, 0.1) is 5.92 Å². The van der Waals surface area contributed by atoms with Gasteiger partial charge in [0.05, 0.1) is 13.0 Å². The number of benzene rings is 1. The number of ether oxygens (including phenoxy) is 1. The molecule has 0 fully saturated rings. The molecule has 1 aromatic rings. The Morgan fingerprint density at radius 2 is 2.17 bits per heavy atom. The standard InChI is InChI=1S/C15H16O3/c1-10(15(16)17)11-4-3-5-12-9-14(18-2)7-6-13(12)8-11/h3,5-10H,4H2,1-2H3,(H,16,17). The first-order chi connectivity index (χ1) is 8.61. The summed E-state index contributed by atoms with van der Waals surface area (Å²) in [7, 11) is 1.63. The second-order valence-corrected chi connectivity index (χ2v) is 4.38. The summed E-state index contributed by atoms with van der Waals surface area (Å²) in [5, 5.41) is 9.07. The van der Waals surface area contributed by atoms with Gasteiger partial charge in [-0.1, -0.05) is 29.9 Å². The minimum absolute atomic E-state index is 0.456. The number of allylic oxidation sites excluding steroid dienone is 1. The molecule has 1 unspecified atom stereocenters. The van der Waals surface area contributed by atoms with E-state index >= 15 is 0 Å². The molecular formula is C15H16O3. The van der Waals surface area contributed by atoms with Gasteiger partial charge in [0.15, 0.2) is 0 Å². The predicted molar refractivity (Wildman–Crippen MR) is 71.4 cm³/mol. The molecule has 3 heteroatoms. The molecule has 0 saturated carbocycles. The summed E-state index contributed by atoms with van der Waals surface area (Å²) >= 11 is 0. The second-order valence-electron chi connectivity index (χ2n) is 4.38. The number of carbonyl (C=O) groups is 1. The highest BCUT2D eigenvalue weighted by atomic mass is 16.5. The molecule has 18 heavy (non-hydrogen) atoms. The third-order valence-corrected chi connectivity index (χ3v) is 3.21. The monoisotopic (exact) mass is 244 g/mol. The first-order valence-electron chi connectivity index (χ1n) is 5.89. The van der Waals surface area contributed by atoms with E-state index in [2.05, 4.69) is 0 Å². The van der Waals surface area contributed by atoms with Gasteiger partial charge in [-0.3, -0.25) is 4.79 Å². The summed E-state index contributed by atoms with van der Waals surface area (Å²) < 4.78 is 5.18. The van der Waals surface area contributed by atoms with E-state index in [0.29, 0.717) is 6.42 Å².